The number of rotatable bonds is 4. The van der Waals surface area contributed by atoms with Crippen molar-refractivity contribution in [3.05, 3.63) is 87.7 Å². The summed E-state index contributed by atoms with van der Waals surface area (Å²) in [5, 5.41) is 12.0. The van der Waals surface area contributed by atoms with E-state index in [4.69, 9.17) is 4.98 Å². The average Bonchev–Trinajstić information content (AvgIpc) is 3.17. The number of hydrogen-bond donors (Lipinski definition) is 1. The van der Waals surface area contributed by atoms with Crippen molar-refractivity contribution < 1.29 is 5.11 Å². The molecule has 0 amide bonds. The summed E-state index contributed by atoms with van der Waals surface area (Å²) in [6, 6.07) is 20.4. The van der Waals surface area contributed by atoms with Crippen LogP contribution in [0.15, 0.2) is 65.5 Å². The molecule has 0 saturated heterocycles. The third kappa shape index (κ3) is 3.02. The van der Waals surface area contributed by atoms with E-state index >= 15 is 0 Å². The molecule has 0 bridgehead atoms. The Bertz CT molecular complexity index is 1360. The van der Waals surface area contributed by atoms with Gasteiger partial charge in [0.1, 0.15) is 0 Å². The molecule has 4 heteroatoms. The molecule has 0 aliphatic carbocycles. The summed E-state index contributed by atoms with van der Waals surface area (Å²) in [5.41, 5.74) is 7.15. The lowest BCUT2D eigenvalue weighted by Gasteiger charge is -2.20. The minimum absolute atomic E-state index is 0.0454. The van der Waals surface area contributed by atoms with Gasteiger partial charge < -0.3 is 9.67 Å². The lowest BCUT2D eigenvalue weighted by molar-refractivity contribution is 0.114. The van der Waals surface area contributed by atoms with Gasteiger partial charge >= 0.3 is 0 Å². The van der Waals surface area contributed by atoms with Gasteiger partial charge in [0.2, 0.25) is 0 Å². The van der Waals surface area contributed by atoms with Crippen LogP contribution in [0.3, 0.4) is 0 Å². The Labute approximate surface area is 181 Å². The Morgan fingerprint density at radius 3 is 2.55 bits per heavy atom. The molecule has 0 spiro atoms. The molecule has 156 valence electrons. The third-order valence-electron chi connectivity index (χ3n) is 6.70. The summed E-state index contributed by atoms with van der Waals surface area (Å²) in [6.45, 7) is 6.38. The number of hydrogen-bond acceptors (Lipinski definition) is 3. The van der Waals surface area contributed by atoms with Crippen LogP contribution in [0.2, 0.25) is 0 Å². The summed E-state index contributed by atoms with van der Waals surface area (Å²) in [4.78, 5) is 18.3. The number of aliphatic hydroxyl groups excluding tert-OH is 1. The van der Waals surface area contributed by atoms with Crippen LogP contribution >= 0.6 is 0 Å². The lowest BCUT2D eigenvalue weighted by Crippen LogP contribution is -2.25. The van der Waals surface area contributed by atoms with Gasteiger partial charge in [0.25, 0.3) is 5.56 Å². The molecule has 2 aromatic carbocycles. The number of aliphatic hydroxyl groups is 1. The maximum absolute atomic E-state index is 13.3. The molecule has 4 aromatic rings. The second kappa shape index (κ2) is 7.47. The molecule has 1 aliphatic rings. The van der Waals surface area contributed by atoms with E-state index in [0.717, 1.165) is 51.0 Å². The van der Waals surface area contributed by atoms with Gasteiger partial charge in [-0.3, -0.25) is 4.79 Å². The molecule has 0 saturated carbocycles. The highest BCUT2D eigenvalue weighted by atomic mass is 16.3. The quantitative estimate of drug-likeness (QED) is 0.427. The van der Waals surface area contributed by atoms with Crippen molar-refractivity contribution in [1.29, 1.82) is 0 Å². The van der Waals surface area contributed by atoms with Gasteiger partial charge in [-0.15, -0.1) is 0 Å². The topological polar surface area (TPSA) is 55.1 Å². The highest BCUT2D eigenvalue weighted by Crippen LogP contribution is 2.41. The standard InChI is InChI=1S/C27H26N2O2/c1-4-16(2)26(30)20-14-23-25-21(15-29(23)27(31)17(20)3)24(18-10-6-5-7-11-18)19-12-8-9-13-22(19)28-25/h5-14,16,26,30H,4,15H2,1-3H3. The van der Waals surface area contributed by atoms with Gasteiger partial charge in [-0.05, 0) is 41.7 Å². The first kappa shape index (κ1) is 19.7. The van der Waals surface area contributed by atoms with Gasteiger partial charge in [0, 0.05) is 16.5 Å². The van der Waals surface area contributed by atoms with Gasteiger partial charge in [-0.2, -0.15) is 0 Å². The fourth-order valence-corrected chi connectivity index (χ4v) is 4.67. The van der Waals surface area contributed by atoms with Gasteiger partial charge in [-0.1, -0.05) is 68.8 Å². The van der Waals surface area contributed by atoms with Crippen LogP contribution in [0, 0.1) is 12.8 Å². The summed E-state index contributed by atoms with van der Waals surface area (Å²) < 4.78 is 1.81. The van der Waals surface area contributed by atoms with E-state index in [2.05, 4.69) is 25.1 Å². The van der Waals surface area contributed by atoms with E-state index in [1.807, 2.05) is 60.9 Å². The number of benzene rings is 2. The monoisotopic (exact) mass is 410 g/mol. The molecule has 0 radical (unpaired) electrons. The van der Waals surface area contributed by atoms with Crippen molar-refractivity contribution >= 4 is 10.9 Å². The maximum Gasteiger partial charge on any atom is 0.254 e. The first-order chi connectivity index (χ1) is 15.0. The molecule has 5 rings (SSSR count). The zero-order chi connectivity index (χ0) is 21.7. The van der Waals surface area contributed by atoms with Crippen molar-refractivity contribution in [2.75, 3.05) is 0 Å². The number of pyridine rings is 2. The fourth-order valence-electron chi connectivity index (χ4n) is 4.67. The van der Waals surface area contributed by atoms with Crippen LogP contribution in [-0.4, -0.2) is 14.7 Å². The molecular weight excluding hydrogens is 384 g/mol. The number of aromatic nitrogens is 2. The van der Waals surface area contributed by atoms with E-state index in [-0.39, 0.29) is 11.5 Å². The highest BCUT2D eigenvalue weighted by Gasteiger charge is 2.29. The Morgan fingerprint density at radius 2 is 1.81 bits per heavy atom. The Balaban J connectivity index is 1.82. The van der Waals surface area contributed by atoms with E-state index in [1.54, 1.807) is 0 Å². The van der Waals surface area contributed by atoms with Crippen molar-refractivity contribution in [3.63, 3.8) is 0 Å². The SMILES string of the molecule is CCC(C)C(O)c1cc2n(c(=O)c1C)Cc1c-2nc2ccccc2c1-c1ccccc1. The Morgan fingerprint density at radius 1 is 1.10 bits per heavy atom. The molecule has 31 heavy (non-hydrogen) atoms. The molecular formula is C27H26N2O2. The van der Waals surface area contributed by atoms with E-state index in [1.165, 1.54) is 0 Å². The second-order valence-electron chi connectivity index (χ2n) is 8.53. The van der Waals surface area contributed by atoms with Crippen molar-refractivity contribution in [1.82, 2.24) is 9.55 Å². The molecule has 3 heterocycles. The van der Waals surface area contributed by atoms with Crippen LogP contribution in [0.1, 0.15) is 43.1 Å². The number of fused-ring (bicyclic) bond motifs is 4. The minimum atomic E-state index is -0.665. The van der Waals surface area contributed by atoms with E-state index in [9.17, 15) is 9.90 Å². The van der Waals surface area contributed by atoms with Crippen LogP contribution in [-0.2, 0) is 6.54 Å². The number of para-hydroxylation sites is 1. The third-order valence-corrected chi connectivity index (χ3v) is 6.70. The fraction of sp³-hybridized carbons (Fsp3) is 0.259. The summed E-state index contributed by atoms with van der Waals surface area (Å²) in [7, 11) is 0. The lowest BCUT2D eigenvalue weighted by atomic mass is 9.92. The first-order valence-electron chi connectivity index (χ1n) is 10.9. The summed E-state index contributed by atoms with van der Waals surface area (Å²) in [5.74, 6) is 0.0754. The van der Waals surface area contributed by atoms with E-state index < -0.39 is 6.10 Å². The largest absolute Gasteiger partial charge is 0.388 e. The van der Waals surface area contributed by atoms with Crippen molar-refractivity contribution in [3.8, 4) is 22.5 Å². The molecule has 0 fully saturated rings. The molecule has 2 aromatic heterocycles. The first-order valence-corrected chi connectivity index (χ1v) is 10.9. The predicted octanol–water partition coefficient (Wildman–Crippen LogP) is 5.48. The number of nitrogens with zero attached hydrogens (tertiary/aromatic N) is 2. The predicted molar refractivity (Wildman–Crippen MR) is 125 cm³/mol. The van der Waals surface area contributed by atoms with Crippen LogP contribution < -0.4 is 5.56 Å². The Kier molecular flexibility index (Phi) is 4.75. The van der Waals surface area contributed by atoms with E-state index in [0.29, 0.717) is 12.1 Å². The molecule has 1 N–H and O–H groups in total. The normalized spacial score (nSPS) is 14.3. The highest BCUT2D eigenvalue weighted by molar-refractivity contribution is 5.99. The summed E-state index contributed by atoms with van der Waals surface area (Å²) >= 11 is 0. The zero-order valence-electron chi connectivity index (χ0n) is 18.1. The maximum atomic E-state index is 13.3. The molecule has 2 atom stereocenters. The van der Waals surface area contributed by atoms with Gasteiger partial charge in [-0.25, -0.2) is 4.98 Å². The summed E-state index contributed by atoms with van der Waals surface area (Å²) in [6.07, 6.45) is 0.179. The molecule has 4 nitrogen and oxygen atoms in total. The van der Waals surface area contributed by atoms with Gasteiger partial charge in [0.15, 0.2) is 0 Å². The van der Waals surface area contributed by atoms with Crippen LogP contribution in [0.25, 0.3) is 33.4 Å². The van der Waals surface area contributed by atoms with Crippen LogP contribution in [0.5, 0.6) is 0 Å². The molecule has 1 aliphatic heterocycles. The Hall–Kier alpha value is -3.24. The van der Waals surface area contributed by atoms with Crippen LogP contribution in [0.4, 0.5) is 0 Å². The van der Waals surface area contributed by atoms with Crippen molar-refractivity contribution in [2.24, 2.45) is 5.92 Å². The smallest absolute Gasteiger partial charge is 0.254 e. The molecule has 2 unspecified atom stereocenters. The second-order valence-corrected chi connectivity index (χ2v) is 8.53. The van der Waals surface area contributed by atoms with Gasteiger partial charge in [0.05, 0.1) is 29.6 Å². The van der Waals surface area contributed by atoms with Crippen molar-refractivity contribution in [2.45, 2.75) is 39.8 Å². The minimum Gasteiger partial charge on any atom is -0.388 e. The zero-order valence-corrected chi connectivity index (χ0v) is 18.1. The average molecular weight is 411 g/mol.